The zero-order valence-corrected chi connectivity index (χ0v) is 18.6. The molecule has 0 aliphatic heterocycles. The van der Waals surface area contributed by atoms with E-state index in [1.165, 1.54) is 31.0 Å². The molecule has 1 N–H and O–H groups in total. The molecule has 0 saturated heterocycles. The van der Waals surface area contributed by atoms with Gasteiger partial charge < -0.3 is 10.1 Å². The summed E-state index contributed by atoms with van der Waals surface area (Å²) >= 11 is 1.41. The molecule has 1 fully saturated rings. The highest BCUT2D eigenvalue weighted by atomic mass is 32.2. The lowest BCUT2D eigenvalue weighted by atomic mass is 9.95. The third-order valence-electron chi connectivity index (χ3n) is 5.37. The number of hydrogen-bond donors (Lipinski definition) is 1. The molecule has 0 unspecified atom stereocenters. The van der Waals surface area contributed by atoms with Crippen LogP contribution in [0.2, 0.25) is 0 Å². The van der Waals surface area contributed by atoms with Crippen molar-refractivity contribution < 1.29 is 9.53 Å². The lowest BCUT2D eigenvalue weighted by Gasteiger charge is -2.22. The summed E-state index contributed by atoms with van der Waals surface area (Å²) in [4.78, 5) is 12.5. The molecule has 0 radical (unpaired) electrons. The topological polar surface area (TPSA) is 69.0 Å². The number of amides is 1. The minimum atomic E-state index is 0.0535. The number of thioether (sulfide) groups is 1. The van der Waals surface area contributed by atoms with Gasteiger partial charge in [0.1, 0.15) is 12.4 Å². The molecule has 1 amide bonds. The van der Waals surface area contributed by atoms with Crippen LogP contribution in [0.3, 0.4) is 0 Å². The third kappa shape index (κ3) is 5.88. The zero-order chi connectivity index (χ0) is 21.5. The van der Waals surface area contributed by atoms with Crippen molar-refractivity contribution in [3.63, 3.8) is 0 Å². The van der Waals surface area contributed by atoms with E-state index in [4.69, 9.17) is 4.74 Å². The van der Waals surface area contributed by atoms with Crippen molar-refractivity contribution in [2.24, 2.45) is 0 Å². The minimum absolute atomic E-state index is 0.0535. The van der Waals surface area contributed by atoms with Crippen LogP contribution in [0, 0.1) is 6.92 Å². The maximum Gasteiger partial charge on any atom is 0.230 e. The van der Waals surface area contributed by atoms with E-state index in [1.54, 1.807) is 0 Å². The molecule has 0 spiro atoms. The Kier molecular flexibility index (Phi) is 7.25. The zero-order valence-electron chi connectivity index (χ0n) is 17.8. The van der Waals surface area contributed by atoms with Crippen LogP contribution in [0.15, 0.2) is 59.8 Å². The fourth-order valence-corrected chi connectivity index (χ4v) is 4.61. The number of aromatic nitrogens is 3. The maximum absolute atomic E-state index is 12.5. The number of hydrogen-bond acceptors (Lipinski definition) is 5. The fraction of sp³-hybridized carbons (Fsp3) is 0.375. The first-order valence-corrected chi connectivity index (χ1v) is 11.8. The number of benzene rings is 2. The second-order valence-corrected chi connectivity index (χ2v) is 8.81. The summed E-state index contributed by atoms with van der Waals surface area (Å²) in [5.41, 5.74) is 2.11. The Balaban J connectivity index is 1.48. The monoisotopic (exact) mass is 436 g/mol. The number of carbonyl (C=O) groups excluding carboxylic acids is 1. The minimum Gasteiger partial charge on any atom is -0.486 e. The Hall–Kier alpha value is -2.80. The molecule has 31 heavy (non-hydrogen) atoms. The van der Waals surface area contributed by atoms with Gasteiger partial charge in [0.2, 0.25) is 5.91 Å². The standard InChI is InChI=1S/C24H28N4O2S/c1-18-9-8-12-20(15-18)28-22(16-30-21-13-6-3-7-14-21)26-27-24(28)31-17-23(29)25-19-10-4-2-5-11-19/h3,6-9,12-15,19H,2,4-5,10-11,16-17H2,1H3,(H,25,29). The van der Waals surface area contributed by atoms with E-state index >= 15 is 0 Å². The Labute approximate surface area is 187 Å². The molecule has 0 atom stereocenters. The van der Waals surface area contributed by atoms with Crippen LogP contribution in [0.5, 0.6) is 5.75 Å². The van der Waals surface area contributed by atoms with E-state index in [2.05, 4.69) is 34.6 Å². The average Bonchev–Trinajstić information content (AvgIpc) is 3.20. The van der Waals surface area contributed by atoms with Crippen LogP contribution in [0.4, 0.5) is 0 Å². The van der Waals surface area contributed by atoms with Gasteiger partial charge in [-0.25, -0.2) is 0 Å². The van der Waals surface area contributed by atoms with Gasteiger partial charge in [0, 0.05) is 11.7 Å². The first-order chi connectivity index (χ1) is 15.2. The van der Waals surface area contributed by atoms with Crippen LogP contribution in [-0.2, 0) is 11.4 Å². The molecular weight excluding hydrogens is 408 g/mol. The molecule has 1 aromatic heterocycles. The predicted octanol–water partition coefficient (Wildman–Crippen LogP) is 4.70. The van der Waals surface area contributed by atoms with Crippen molar-refractivity contribution in [1.29, 1.82) is 0 Å². The molecule has 4 rings (SSSR count). The van der Waals surface area contributed by atoms with Gasteiger partial charge in [0.05, 0.1) is 5.75 Å². The number of aryl methyl sites for hydroxylation is 1. The molecule has 1 saturated carbocycles. The van der Waals surface area contributed by atoms with Crippen LogP contribution in [-0.4, -0.2) is 32.5 Å². The summed E-state index contributed by atoms with van der Waals surface area (Å²) < 4.78 is 7.89. The van der Waals surface area contributed by atoms with Gasteiger partial charge in [0.15, 0.2) is 11.0 Å². The van der Waals surface area contributed by atoms with E-state index in [9.17, 15) is 4.79 Å². The van der Waals surface area contributed by atoms with Gasteiger partial charge in [-0.2, -0.15) is 0 Å². The third-order valence-corrected chi connectivity index (χ3v) is 6.30. The number of nitrogens with one attached hydrogen (secondary N) is 1. The van der Waals surface area contributed by atoms with Crippen molar-refractivity contribution >= 4 is 17.7 Å². The number of ether oxygens (including phenoxy) is 1. The molecule has 6 nitrogen and oxygen atoms in total. The summed E-state index contributed by atoms with van der Waals surface area (Å²) in [6.45, 7) is 2.35. The van der Waals surface area contributed by atoms with Crippen molar-refractivity contribution in [2.45, 2.75) is 56.8 Å². The second kappa shape index (κ2) is 10.5. The van der Waals surface area contributed by atoms with Crippen molar-refractivity contribution in [3.8, 4) is 11.4 Å². The Bertz CT molecular complexity index is 1000. The number of carbonyl (C=O) groups is 1. The number of para-hydroxylation sites is 1. The van der Waals surface area contributed by atoms with Gasteiger partial charge in [0.25, 0.3) is 0 Å². The normalized spacial score (nSPS) is 14.4. The molecule has 1 heterocycles. The Morgan fingerprint density at radius 1 is 1.10 bits per heavy atom. The maximum atomic E-state index is 12.5. The lowest BCUT2D eigenvalue weighted by Crippen LogP contribution is -2.37. The van der Waals surface area contributed by atoms with E-state index in [1.807, 2.05) is 47.0 Å². The van der Waals surface area contributed by atoms with Gasteiger partial charge in [-0.3, -0.25) is 9.36 Å². The van der Waals surface area contributed by atoms with Crippen molar-refractivity contribution in [1.82, 2.24) is 20.1 Å². The lowest BCUT2D eigenvalue weighted by molar-refractivity contribution is -0.119. The molecule has 3 aromatic rings. The van der Waals surface area contributed by atoms with Crippen LogP contribution >= 0.6 is 11.8 Å². The van der Waals surface area contributed by atoms with Gasteiger partial charge >= 0.3 is 0 Å². The Morgan fingerprint density at radius 2 is 1.90 bits per heavy atom. The fourth-order valence-electron chi connectivity index (χ4n) is 3.82. The molecule has 162 valence electrons. The van der Waals surface area contributed by atoms with Gasteiger partial charge in [-0.1, -0.05) is 61.4 Å². The number of nitrogens with zero attached hydrogens (tertiary/aromatic N) is 3. The summed E-state index contributed by atoms with van der Waals surface area (Å²) in [6.07, 6.45) is 5.83. The highest BCUT2D eigenvalue weighted by Gasteiger charge is 2.19. The van der Waals surface area contributed by atoms with Gasteiger partial charge in [-0.05, 0) is 49.6 Å². The summed E-state index contributed by atoms with van der Waals surface area (Å²) in [5, 5.41) is 12.6. The summed E-state index contributed by atoms with van der Waals surface area (Å²) in [6, 6.07) is 18.1. The number of rotatable bonds is 8. The van der Waals surface area contributed by atoms with Gasteiger partial charge in [-0.15, -0.1) is 10.2 Å². The molecule has 7 heteroatoms. The Morgan fingerprint density at radius 3 is 2.68 bits per heavy atom. The molecule has 0 bridgehead atoms. The smallest absolute Gasteiger partial charge is 0.230 e. The largest absolute Gasteiger partial charge is 0.486 e. The SMILES string of the molecule is Cc1cccc(-n2c(COc3ccccc3)nnc2SCC(=O)NC2CCCCC2)c1. The van der Waals surface area contributed by atoms with E-state index in [-0.39, 0.29) is 5.91 Å². The summed E-state index contributed by atoms with van der Waals surface area (Å²) in [5.74, 6) is 1.85. The van der Waals surface area contributed by atoms with E-state index in [0.717, 1.165) is 29.8 Å². The van der Waals surface area contributed by atoms with Crippen LogP contribution in [0.25, 0.3) is 5.69 Å². The summed E-state index contributed by atoms with van der Waals surface area (Å²) in [7, 11) is 0. The molecule has 2 aromatic carbocycles. The van der Waals surface area contributed by atoms with Crippen molar-refractivity contribution in [2.75, 3.05) is 5.75 Å². The average molecular weight is 437 g/mol. The van der Waals surface area contributed by atoms with Crippen LogP contribution in [0.1, 0.15) is 43.5 Å². The van der Waals surface area contributed by atoms with Crippen LogP contribution < -0.4 is 10.1 Å². The quantitative estimate of drug-likeness (QED) is 0.519. The highest BCUT2D eigenvalue weighted by Crippen LogP contribution is 2.24. The van der Waals surface area contributed by atoms with E-state index in [0.29, 0.717) is 29.4 Å². The second-order valence-electron chi connectivity index (χ2n) is 7.87. The molecule has 1 aliphatic carbocycles. The highest BCUT2D eigenvalue weighted by molar-refractivity contribution is 7.99. The molecule has 1 aliphatic rings. The first-order valence-electron chi connectivity index (χ1n) is 10.8. The molecular formula is C24H28N4O2S. The van der Waals surface area contributed by atoms with E-state index < -0.39 is 0 Å². The van der Waals surface area contributed by atoms with Crippen molar-refractivity contribution in [3.05, 3.63) is 66.0 Å². The first kappa shape index (κ1) is 21.4. The predicted molar refractivity (Wildman–Crippen MR) is 123 cm³/mol.